The van der Waals surface area contributed by atoms with Crippen molar-refractivity contribution in [2.45, 2.75) is 0 Å². The molecule has 4 aromatic heterocycles. The van der Waals surface area contributed by atoms with Crippen molar-refractivity contribution in [2.24, 2.45) is 0 Å². The summed E-state index contributed by atoms with van der Waals surface area (Å²) >= 11 is 0. The number of nitrogens with zero attached hydrogens (tertiary/aromatic N) is 4. The molecular weight excluding hydrogens is 552 g/mol. The van der Waals surface area contributed by atoms with E-state index >= 15 is 0 Å². The van der Waals surface area contributed by atoms with Crippen LogP contribution in [0.4, 0.5) is 0 Å². The van der Waals surface area contributed by atoms with Gasteiger partial charge in [-0.2, -0.15) is 0 Å². The highest BCUT2D eigenvalue weighted by Crippen LogP contribution is 2.39. The van der Waals surface area contributed by atoms with Crippen LogP contribution in [-0.4, -0.2) is 19.1 Å². The largest absolute Gasteiger partial charge is 0.456 e. The number of fused-ring (bicyclic) bond motifs is 9. The van der Waals surface area contributed by atoms with Crippen molar-refractivity contribution in [2.75, 3.05) is 0 Å². The summed E-state index contributed by atoms with van der Waals surface area (Å²) in [6, 6.07) is 48.8. The molecule has 45 heavy (non-hydrogen) atoms. The maximum atomic E-state index is 6.08. The fourth-order valence-electron chi connectivity index (χ4n) is 7.00. The molecule has 0 radical (unpaired) electrons. The normalized spacial score (nSPS) is 12.0. The van der Waals surface area contributed by atoms with E-state index in [2.05, 4.69) is 118 Å². The smallest absolute Gasteiger partial charge is 0.235 e. The average molecular weight is 577 g/mol. The second kappa shape index (κ2) is 9.15. The lowest BCUT2D eigenvalue weighted by molar-refractivity contribution is 0.669. The number of rotatable bonds is 3. The summed E-state index contributed by atoms with van der Waals surface area (Å²) in [6.07, 6.45) is 1.86. The van der Waals surface area contributed by atoms with Crippen molar-refractivity contribution in [3.05, 3.63) is 146 Å². The Balaban J connectivity index is 1.25. The lowest BCUT2D eigenvalue weighted by Gasteiger charge is -2.10. The molecule has 10 rings (SSSR count). The summed E-state index contributed by atoms with van der Waals surface area (Å²) in [4.78, 5) is 10.0. The Morgan fingerprint density at radius 3 is 1.89 bits per heavy atom. The average Bonchev–Trinajstić information content (AvgIpc) is 3.75. The zero-order chi connectivity index (χ0) is 29.5. The van der Waals surface area contributed by atoms with E-state index in [1.54, 1.807) is 0 Å². The molecule has 0 aliphatic rings. The van der Waals surface area contributed by atoms with Crippen molar-refractivity contribution in [3.63, 3.8) is 0 Å². The van der Waals surface area contributed by atoms with Crippen LogP contribution >= 0.6 is 0 Å². The third kappa shape index (κ3) is 3.49. The molecule has 0 atom stereocenters. The first kappa shape index (κ1) is 24.3. The molecule has 0 saturated heterocycles. The van der Waals surface area contributed by atoms with Gasteiger partial charge in [0, 0.05) is 49.8 Å². The van der Waals surface area contributed by atoms with E-state index in [1.807, 2.05) is 36.5 Å². The number of furan rings is 1. The molecule has 5 heteroatoms. The van der Waals surface area contributed by atoms with E-state index in [0.717, 1.165) is 55.4 Å². The predicted molar refractivity (Wildman–Crippen MR) is 183 cm³/mol. The van der Waals surface area contributed by atoms with Crippen molar-refractivity contribution in [1.82, 2.24) is 19.1 Å². The van der Waals surface area contributed by atoms with Gasteiger partial charge in [0.1, 0.15) is 11.2 Å². The number of benzene rings is 6. The van der Waals surface area contributed by atoms with E-state index in [9.17, 15) is 0 Å². The van der Waals surface area contributed by atoms with Gasteiger partial charge in [0.25, 0.3) is 0 Å². The van der Waals surface area contributed by atoms with Crippen molar-refractivity contribution in [1.29, 1.82) is 0 Å². The van der Waals surface area contributed by atoms with Crippen LogP contribution in [0, 0.1) is 0 Å². The molecule has 0 saturated carbocycles. The maximum absolute atomic E-state index is 6.08. The summed E-state index contributed by atoms with van der Waals surface area (Å²) in [7, 11) is 0. The third-order valence-electron chi connectivity index (χ3n) is 9.00. The van der Waals surface area contributed by atoms with Gasteiger partial charge in [-0.05, 0) is 66.7 Å². The molecule has 0 amide bonds. The Bertz CT molecular complexity index is 2770. The van der Waals surface area contributed by atoms with Crippen LogP contribution < -0.4 is 0 Å². The predicted octanol–water partition coefficient (Wildman–Crippen LogP) is 10.2. The number of aromatic nitrogens is 4. The Labute approximate surface area is 257 Å². The zero-order valence-electron chi connectivity index (χ0n) is 24.1. The highest BCUT2D eigenvalue weighted by molar-refractivity contribution is 6.19. The lowest BCUT2D eigenvalue weighted by atomic mass is 10.1. The lowest BCUT2D eigenvalue weighted by Crippen LogP contribution is -2.02. The molecule has 0 bridgehead atoms. The minimum absolute atomic E-state index is 0.637. The summed E-state index contributed by atoms with van der Waals surface area (Å²) < 4.78 is 10.6. The molecular formula is C40H24N4O. The van der Waals surface area contributed by atoms with E-state index in [1.165, 1.54) is 27.1 Å². The molecule has 5 nitrogen and oxygen atoms in total. The van der Waals surface area contributed by atoms with E-state index in [4.69, 9.17) is 14.4 Å². The fraction of sp³-hybridized carbons (Fsp3) is 0. The van der Waals surface area contributed by atoms with Gasteiger partial charge in [-0.3, -0.25) is 4.57 Å². The SMILES string of the molecule is c1ccc(-n2c3ccccc3c3cc4c5ccccc5n(-c5nccc(-c6ccc7oc8ccccc8c7c6)n5)c4cc32)cc1. The Hall–Kier alpha value is -6.20. The highest BCUT2D eigenvalue weighted by Gasteiger charge is 2.19. The van der Waals surface area contributed by atoms with Gasteiger partial charge in [0.15, 0.2) is 0 Å². The minimum atomic E-state index is 0.637. The molecule has 210 valence electrons. The zero-order valence-corrected chi connectivity index (χ0v) is 24.1. The molecule has 0 aliphatic carbocycles. The van der Waals surface area contributed by atoms with Gasteiger partial charge < -0.3 is 8.98 Å². The van der Waals surface area contributed by atoms with Gasteiger partial charge in [-0.25, -0.2) is 9.97 Å². The molecule has 0 fully saturated rings. The minimum Gasteiger partial charge on any atom is -0.456 e. The van der Waals surface area contributed by atoms with Crippen LogP contribution in [0.3, 0.4) is 0 Å². The van der Waals surface area contributed by atoms with Crippen molar-refractivity contribution >= 4 is 65.6 Å². The second-order valence-corrected chi connectivity index (χ2v) is 11.5. The van der Waals surface area contributed by atoms with Gasteiger partial charge >= 0.3 is 0 Å². The molecule has 0 unspecified atom stereocenters. The fourth-order valence-corrected chi connectivity index (χ4v) is 7.00. The highest BCUT2D eigenvalue weighted by atomic mass is 16.3. The first-order valence-corrected chi connectivity index (χ1v) is 15.1. The summed E-state index contributed by atoms with van der Waals surface area (Å²) in [6.45, 7) is 0. The van der Waals surface area contributed by atoms with Gasteiger partial charge in [0.2, 0.25) is 5.95 Å². The first-order chi connectivity index (χ1) is 22.3. The summed E-state index contributed by atoms with van der Waals surface area (Å²) in [5.74, 6) is 0.637. The Morgan fingerprint density at radius 2 is 1.09 bits per heavy atom. The third-order valence-corrected chi connectivity index (χ3v) is 9.00. The first-order valence-electron chi connectivity index (χ1n) is 15.1. The molecule has 0 N–H and O–H groups in total. The standard InChI is InChI=1S/C40H24N4O/c1-2-10-26(11-3-1)43-34-15-7-4-12-27(34)30-23-31-28-13-5-8-16-35(28)44(37(31)24-36(30)43)40-41-21-20-33(42-40)25-18-19-39-32(22-25)29-14-6-9-17-38(29)45-39/h1-24H. The van der Waals surface area contributed by atoms with Crippen LogP contribution in [0.5, 0.6) is 0 Å². The van der Waals surface area contributed by atoms with Crippen LogP contribution in [-0.2, 0) is 0 Å². The molecule has 6 aromatic carbocycles. The van der Waals surface area contributed by atoms with Gasteiger partial charge in [-0.15, -0.1) is 0 Å². The number of hydrogen-bond donors (Lipinski definition) is 0. The van der Waals surface area contributed by atoms with Crippen LogP contribution in [0.1, 0.15) is 0 Å². The second-order valence-electron chi connectivity index (χ2n) is 11.5. The Kier molecular flexibility index (Phi) is 4.93. The quantitative estimate of drug-likeness (QED) is 0.210. The maximum Gasteiger partial charge on any atom is 0.235 e. The monoisotopic (exact) mass is 576 g/mol. The van der Waals surface area contributed by atoms with E-state index in [0.29, 0.717) is 5.95 Å². The molecule has 0 aliphatic heterocycles. The van der Waals surface area contributed by atoms with E-state index in [-0.39, 0.29) is 0 Å². The molecule has 4 heterocycles. The van der Waals surface area contributed by atoms with Crippen LogP contribution in [0.15, 0.2) is 150 Å². The van der Waals surface area contributed by atoms with Crippen LogP contribution in [0.2, 0.25) is 0 Å². The summed E-state index contributed by atoms with van der Waals surface area (Å²) in [5, 5.41) is 6.98. The van der Waals surface area contributed by atoms with Crippen molar-refractivity contribution in [3.8, 4) is 22.9 Å². The topological polar surface area (TPSA) is 48.8 Å². The van der Waals surface area contributed by atoms with Gasteiger partial charge in [-0.1, -0.05) is 72.8 Å². The number of para-hydroxylation sites is 4. The van der Waals surface area contributed by atoms with Crippen molar-refractivity contribution < 1.29 is 4.42 Å². The van der Waals surface area contributed by atoms with E-state index < -0.39 is 0 Å². The van der Waals surface area contributed by atoms with Crippen LogP contribution in [0.25, 0.3) is 88.4 Å². The van der Waals surface area contributed by atoms with Gasteiger partial charge in [0.05, 0.1) is 27.8 Å². The molecule has 10 aromatic rings. The summed E-state index contributed by atoms with van der Waals surface area (Å²) in [5.41, 5.74) is 9.23. The Morgan fingerprint density at radius 1 is 0.444 bits per heavy atom. The number of hydrogen-bond acceptors (Lipinski definition) is 3. The molecule has 0 spiro atoms.